The van der Waals surface area contributed by atoms with Gasteiger partial charge in [0.2, 0.25) is 11.9 Å². The molecule has 3 N–H and O–H groups in total. The predicted molar refractivity (Wildman–Crippen MR) is 126 cm³/mol. The molecule has 2 heterocycles. The van der Waals surface area contributed by atoms with E-state index in [0.717, 1.165) is 38.4 Å². The maximum atomic E-state index is 5.97. The van der Waals surface area contributed by atoms with Crippen LogP contribution in [0, 0.1) is 0 Å². The Kier molecular flexibility index (Phi) is 6.86. The molecule has 0 radical (unpaired) electrons. The first-order valence-electron chi connectivity index (χ1n) is 10.7. The summed E-state index contributed by atoms with van der Waals surface area (Å²) in [5.74, 6) is 1.41. The van der Waals surface area contributed by atoms with Crippen LogP contribution in [0.15, 0.2) is 66.7 Å². The third kappa shape index (κ3) is 5.87. The minimum Gasteiger partial charge on any atom is -0.368 e. The number of aromatic nitrogens is 3. The third-order valence-corrected chi connectivity index (χ3v) is 5.50. The zero-order valence-electron chi connectivity index (χ0n) is 17.9. The quantitative estimate of drug-likeness (QED) is 0.610. The maximum Gasteiger partial charge on any atom is 0.232 e. The van der Waals surface area contributed by atoms with Gasteiger partial charge in [0.05, 0.1) is 6.04 Å². The topological polar surface area (TPSA) is 83.2 Å². The Labute approximate surface area is 183 Å². The lowest BCUT2D eigenvalue weighted by Gasteiger charge is -2.37. The van der Waals surface area contributed by atoms with Gasteiger partial charge in [0, 0.05) is 38.4 Å². The van der Waals surface area contributed by atoms with E-state index in [1.54, 1.807) is 0 Å². The molecule has 2 aromatic carbocycles. The second-order valence-electron chi connectivity index (χ2n) is 7.69. The maximum absolute atomic E-state index is 5.97. The molecular weight excluding hydrogens is 386 g/mol. The van der Waals surface area contributed by atoms with Crippen molar-refractivity contribution in [3.8, 4) is 0 Å². The zero-order chi connectivity index (χ0) is 21.5. The summed E-state index contributed by atoms with van der Waals surface area (Å²) in [7, 11) is 0. The molecule has 0 spiro atoms. The van der Waals surface area contributed by atoms with Gasteiger partial charge in [0.25, 0.3) is 0 Å². The number of benzene rings is 2. The fourth-order valence-electron chi connectivity index (χ4n) is 3.70. The summed E-state index contributed by atoms with van der Waals surface area (Å²) in [4.78, 5) is 18.1. The van der Waals surface area contributed by atoms with Gasteiger partial charge >= 0.3 is 0 Å². The van der Waals surface area contributed by atoms with Crippen molar-refractivity contribution in [3.63, 3.8) is 0 Å². The highest BCUT2D eigenvalue weighted by atomic mass is 15.3. The first-order valence-corrected chi connectivity index (χ1v) is 10.7. The molecule has 3 aromatic rings. The molecule has 4 rings (SSSR count). The molecule has 0 saturated carbocycles. The molecule has 1 aromatic heterocycles. The van der Waals surface area contributed by atoms with Crippen LogP contribution >= 0.6 is 0 Å². The van der Waals surface area contributed by atoms with Gasteiger partial charge in [-0.15, -0.1) is 0 Å². The van der Waals surface area contributed by atoms with E-state index in [9.17, 15) is 0 Å². The van der Waals surface area contributed by atoms with Crippen LogP contribution < -0.4 is 11.1 Å². The number of nitrogen functional groups attached to an aromatic ring is 1. The van der Waals surface area contributed by atoms with Crippen molar-refractivity contribution in [2.45, 2.75) is 13.0 Å². The zero-order valence-corrected chi connectivity index (χ0v) is 17.9. The molecule has 1 saturated heterocycles. The van der Waals surface area contributed by atoms with Crippen LogP contribution in [0.2, 0.25) is 0 Å². The van der Waals surface area contributed by atoms with Gasteiger partial charge in [-0.1, -0.05) is 60.7 Å². The highest BCUT2D eigenvalue weighted by molar-refractivity contribution is 5.53. The SMILES string of the molecule is CC(c1nc(N)nc(Nc2ccccc2)n1)N1CCN(C/C=C/c2ccccc2)CC1. The van der Waals surface area contributed by atoms with Gasteiger partial charge in [0.1, 0.15) is 0 Å². The van der Waals surface area contributed by atoms with Crippen molar-refractivity contribution in [2.24, 2.45) is 0 Å². The number of nitrogens with one attached hydrogen (secondary N) is 1. The fourth-order valence-corrected chi connectivity index (χ4v) is 3.70. The standard InChI is InChI=1S/C24H29N7/c1-19(22-27-23(25)29-24(28-22)26-21-12-6-3-7-13-21)31-17-15-30(16-18-31)14-8-11-20-9-4-2-5-10-20/h2-13,19H,14-18H2,1H3,(H3,25,26,27,28,29)/b11-8+. The number of anilines is 3. The minimum absolute atomic E-state index is 0.0728. The molecule has 1 aliphatic rings. The Balaban J connectivity index is 1.33. The smallest absolute Gasteiger partial charge is 0.232 e. The van der Waals surface area contributed by atoms with Crippen molar-refractivity contribution in [1.29, 1.82) is 0 Å². The Morgan fingerprint density at radius 3 is 2.32 bits per heavy atom. The summed E-state index contributed by atoms with van der Waals surface area (Å²) in [6.07, 6.45) is 4.42. The number of hydrogen-bond donors (Lipinski definition) is 2. The fraction of sp³-hybridized carbons (Fsp3) is 0.292. The van der Waals surface area contributed by atoms with E-state index in [4.69, 9.17) is 5.73 Å². The van der Waals surface area contributed by atoms with Crippen LogP contribution in [-0.2, 0) is 0 Å². The number of rotatable bonds is 7. The lowest BCUT2D eigenvalue weighted by molar-refractivity contribution is 0.107. The van der Waals surface area contributed by atoms with E-state index in [0.29, 0.717) is 11.8 Å². The van der Waals surface area contributed by atoms with E-state index < -0.39 is 0 Å². The summed E-state index contributed by atoms with van der Waals surface area (Å²) in [6, 6.07) is 20.3. The Hall–Kier alpha value is -3.29. The van der Waals surface area contributed by atoms with Gasteiger partial charge in [-0.2, -0.15) is 15.0 Å². The van der Waals surface area contributed by atoms with Crippen LogP contribution in [0.25, 0.3) is 6.08 Å². The predicted octanol–water partition coefficient (Wildman–Crippen LogP) is 3.59. The number of nitrogens with zero attached hydrogens (tertiary/aromatic N) is 5. The summed E-state index contributed by atoms with van der Waals surface area (Å²) < 4.78 is 0. The molecule has 0 bridgehead atoms. The Bertz CT molecular complexity index is 983. The molecule has 31 heavy (non-hydrogen) atoms. The average Bonchev–Trinajstić information content (AvgIpc) is 2.80. The van der Waals surface area contributed by atoms with Gasteiger partial charge in [-0.25, -0.2) is 0 Å². The first-order chi connectivity index (χ1) is 15.2. The van der Waals surface area contributed by atoms with Gasteiger partial charge in [-0.3, -0.25) is 9.80 Å². The van der Waals surface area contributed by atoms with Crippen LogP contribution in [0.5, 0.6) is 0 Å². The minimum atomic E-state index is 0.0728. The van der Waals surface area contributed by atoms with E-state index in [1.165, 1.54) is 5.56 Å². The lowest BCUT2D eigenvalue weighted by Crippen LogP contribution is -2.47. The second kappa shape index (κ2) is 10.1. The lowest BCUT2D eigenvalue weighted by atomic mass is 10.2. The number of piperazine rings is 1. The molecule has 0 aliphatic carbocycles. The molecule has 1 fully saturated rings. The second-order valence-corrected chi connectivity index (χ2v) is 7.69. The molecule has 7 nitrogen and oxygen atoms in total. The third-order valence-electron chi connectivity index (χ3n) is 5.50. The largest absolute Gasteiger partial charge is 0.368 e. The van der Waals surface area contributed by atoms with Crippen LogP contribution in [-0.4, -0.2) is 57.5 Å². The van der Waals surface area contributed by atoms with Crippen molar-refractivity contribution < 1.29 is 0 Å². The molecule has 1 atom stereocenters. The van der Waals surface area contributed by atoms with Crippen molar-refractivity contribution in [2.75, 3.05) is 43.8 Å². The normalized spacial score (nSPS) is 16.4. The summed E-state index contributed by atoms with van der Waals surface area (Å²) >= 11 is 0. The summed E-state index contributed by atoms with van der Waals surface area (Å²) in [5.41, 5.74) is 8.13. The Morgan fingerprint density at radius 2 is 1.61 bits per heavy atom. The highest BCUT2D eigenvalue weighted by Gasteiger charge is 2.24. The van der Waals surface area contributed by atoms with E-state index in [-0.39, 0.29) is 12.0 Å². The average molecular weight is 416 g/mol. The monoisotopic (exact) mass is 415 g/mol. The molecular formula is C24H29N7. The molecule has 160 valence electrons. The number of hydrogen-bond acceptors (Lipinski definition) is 7. The molecule has 1 unspecified atom stereocenters. The van der Waals surface area contributed by atoms with E-state index in [2.05, 4.69) is 73.4 Å². The van der Waals surface area contributed by atoms with Crippen LogP contribution in [0.3, 0.4) is 0 Å². The summed E-state index contributed by atoms with van der Waals surface area (Å²) in [6.45, 7) is 7.05. The molecule has 1 aliphatic heterocycles. The summed E-state index contributed by atoms with van der Waals surface area (Å²) in [5, 5.41) is 3.21. The molecule has 7 heteroatoms. The number of nitrogens with two attached hydrogens (primary N) is 1. The first kappa shape index (κ1) is 21.0. The van der Waals surface area contributed by atoms with Crippen molar-refractivity contribution >= 4 is 23.7 Å². The Morgan fingerprint density at radius 1 is 0.935 bits per heavy atom. The van der Waals surface area contributed by atoms with Crippen molar-refractivity contribution in [3.05, 3.63) is 78.1 Å². The van der Waals surface area contributed by atoms with Crippen molar-refractivity contribution in [1.82, 2.24) is 24.8 Å². The highest BCUT2D eigenvalue weighted by Crippen LogP contribution is 2.21. The van der Waals surface area contributed by atoms with Gasteiger partial charge < -0.3 is 11.1 Å². The van der Waals surface area contributed by atoms with E-state index >= 15 is 0 Å². The van der Waals surface area contributed by atoms with E-state index in [1.807, 2.05) is 36.4 Å². The number of para-hydroxylation sites is 1. The molecule has 0 amide bonds. The van der Waals surface area contributed by atoms with Crippen LogP contribution in [0.4, 0.5) is 17.6 Å². The van der Waals surface area contributed by atoms with Crippen LogP contribution in [0.1, 0.15) is 24.4 Å². The van der Waals surface area contributed by atoms with Gasteiger partial charge in [-0.05, 0) is 24.6 Å². The van der Waals surface area contributed by atoms with Gasteiger partial charge in [0.15, 0.2) is 5.82 Å².